The zero-order chi connectivity index (χ0) is 19.0. The molecule has 0 saturated carbocycles. The summed E-state index contributed by atoms with van der Waals surface area (Å²) in [6.45, 7) is 0. The molecule has 1 amide bonds. The van der Waals surface area contributed by atoms with Gasteiger partial charge in [0.2, 0.25) is 11.1 Å². The number of fused-ring (bicyclic) bond motifs is 3. The van der Waals surface area contributed by atoms with E-state index in [9.17, 15) is 14.9 Å². The number of para-hydroxylation sites is 1. The molecule has 1 N–H and O–H groups in total. The van der Waals surface area contributed by atoms with Crippen LogP contribution in [0.1, 0.15) is 0 Å². The Labute approximate surface area is 159 Å². The van der Waals surface area contributed by atoms with Crippen LogP contribution in [-0.4, -0.2) is 41.3 Å². The Morgan fingerprint density at radius 3 is 2.96 bits per heavy atom. The maximum atomic E-state index is 12.0. The molecular formula is C15H11N7O3S2. The van der Waals surface area contributed by atoms with Gasteiger partial charge in [0.25, 0.3) is 0 Å². The van der Waals surface area contributed by atoms with Gasteiger partial charge < -0.3 is 9.88 Å². The van der Waals surface area contributed by atoms with E-state index in [0.717, 1.165) is 40.2 Å². The number of amides is 1. The zero-order valence-electron chi connectivity index (χ0n) is 13.8. The average molecular weight is 401 g/mol. The molecule has 4 rings (SSSR count). The summed E-state index contributed by atoms with van der Waals surface area (Å²) in [6.07, 6.45) is 1.11. The van der Waals surface area contributed by atoms with E-state index in [1.54, 1.807) is 0 Å². The highest BCUT2D eigenvalue weighted by atomic mass is 32.2. The lowest BCUT2D eigenvalue weighted by Crippen LogP contribution is -2.14. The summed E-state index contributed by atoms with van der Waals surface area (Å²) >= 11 is 1.93. The summed E-state index contributed by atoms with van der Waals surface area (Å²) in [5, 5.41) is 22.9. The van der Waals surface area contributed by atoms with Crippen LogP contribution in [0, 0.1) is 10.1 Å². The van der Waals surface area contributed by atoms with Crippen LogP contribution < -0.4 is 5.32 Å². The number of thiazole rings is 1. The van der Waals surface area contributed by atoms with Gasteiger partial charge in [0.05, 0.1) is 16.2 Å². The fourth-order valence-corrected chi connectivity index (χ4v) is 3.78. The standard InChI is InChI=1S/C15H11N7O3S2/c1-21-9-5-3-2-4-8(9)12-13(21)18-15(20-19-12)26-7-10(23)17-14-16-6-11(27-14)22(24)25/h2-6H,7H2,1H3,(H,16,17,23). The number of nitro groups is 1. The monoisotopic (exact) mass is 401 g/mol. The number of aromatic nitrogens is 5. The van der Waals surface area contributed by atoms with Gasteiger partial charge in [-0.3, -0.25) is 14.9 Å². The molecule has 0 unspecified atom stereocenters. The molecule has 0 fully saturated rings. The summed E-state index contributed by atoms with van der Waals surface area (Å²) in [7, 11) is 1.90. The first-order valence-corrected chi connectivity index (χ1v) is 9.44. The fraction of sp³-hybridized carbons (Fsp3) is 0.133. The third kappa shape index (κ3) is 3.31. The van der Waals surface area contributed by atoms with E-state index in [0.29, 0.717) is 16.3 Å². The molecule has 0 atom stereocenters. The van der Waals surface area contributed by atoms with E-state index in [1.165, 1.54) is 0 Å². The van der Waals surface area contributed by atoms with Gasteiger partial charge in [-0.2, -0.15) is 0 Å². The summed E-state index contributed by atoms with van der Waals surface area (Å²) in [6, 6.07) is 7.81. The number of carbonyl (C=O) groups is 1. The number of carbonyl (C=O) groups excluding carboxylic acids is 1. The number of nitrogens with one attached hydrogen (secondary N) is 1. The highest BCUT2D eigenvalue weighted by Crippen LogP contribution is 2.27. The number of hydrogen-bond donors (Lipinski definition) is 1. The minimum Gasteiger partial charge on any atom is -0.327 e. The number of hydrogen-bond acceptors (Lipinski definition) is 9. The second-order valence-electron chi connectivity index (χ2n) is 5.44. The first-order chi connectivity index (χ1) is 13.0. The van der Waals surface area contributed by atoms with E-state index in [-0.39, 0.29) is 21.8 Å². The van der Waals surface area contributed by atoms with Gasteiger partial charge in [-0.25, -0.2) is 9.97 Å². The molecule has 0 saturated heterocycles. The molecular weight excluding hydrogens is 390 g/mol. The topological polar surface area (TPSA) is 129 Å². The third-order valence-corrected chi connectivity index (χ3v) is 5.44. The molecule has 0 aliphatic heterocycles. The SMILES string of the molecule is Cn1c2ccccc2c2nnc(SCC(=O)Nc3ncc([N+](=O)[O-])s3)nc21. The molecule has 3 heterocycles. The van der Waals surface area contributed by atoms with E-state index < -0.39 is 4.92 Å². The minimum absolute atomic E-state index is 0.0322. The van der Waals surface area contributed by atoms with Crippen molar-refractivity contribution in [3.63, 3.8) is 0 Å². The maximum absolute atomic E-state index is 12.0. The van der Waals surface area contributed by atoms with Crippen LogP contribution in [0.25, 0.3) is 22.1 Å². The summed E-state index contributed by atoms with van der Waals surface area (Å²) in [5.41, 5.74) is 2.39. The largest absolute Gasteiger partial charge is 0.345 e. The molecule has 10 nitrogen and oxygen atoms in total. The number of thioether (sulfide) groups is 1. The van der Waals surface area contributed by atoms with Gasteiger partial charge in [0.15, 0.2) is 10.8 Å². The zero-order valence-corrected chi connectivity index (χ0v) is 15.5. The predicted octanol–water partition coefficient (Wildman–Crippen LogP) is 2.61. The van der Waals surface area contributed by atoms with Crippen LogP contribution in [0.2, 0.25) is 0 Å². The van der Waals surface area contributed by atoms with Crippen LogP contribution in [0.3, 0.4) is 0 Å². The molecule has 1 aromatic carbocycles. The Bertz CT molecular complexity index is 1190. The van der Waals surface area contributed by atoms with Crippen LogP contribution in [0.5, 0.6) is 0 Å². The number of aryl methyl sites for hydroxylation is 1. The minimum atomic E-state index is -0.555. The van der Waals surface area contributed by atoms with Gasteiger partial charge in [-0.1, -0.05) is 30.0 Å². The molecule has 0 aliphatic rings. The quantitative estimate of drug-likeness (QED) is 0.307. The van der Waals surface area contributed by atoms with Gasteiger partial charge in [-0.15, -0.1) is 10.2 Å². The highest BCUT2D eigenvalue weighted by Gasteiger charge is 2.15. The highest BCUT2D eigenvalue weighted by molar-refractivity contribution is 7.99. The van der Waals surface area contributed by atoms with E-state index in [2.05, 4.69) is 25.5 Å². The van der Waals surface area contributed by atoms with Crippen molar-refractivity contribution in [2.24, 2.45) is 7.05 Å². The lowest BCUT2D eigenvalue weighted by Gasteiger charge is -2.01. The van der Waals surface area contributed by atoms with Crippen molar-refractivity contribution in [1.29, 1.82) is 0 Å². The van der Waals surface area contributed by atoms with E-state index in [4.69, 9.17) is 0 Å². The summed E-state index contributed by atoms with van der Waals surface area (Å²) in [5.74, 6) is -0.324. The van der Waals surface area contributed by atoms with E-state index in [1.807, 2.05) is 35.9 Å². The molecule has 136 valence electrons. The number of rotatable bonds is 5. The number of benzene rings is 1. The molecule has 27 heavy (non-hydrogen) atoms. The molecule has 4 aromatic rings. The van der Waals surface area contributed by atoms with Crippen LogP contribution in [0.4, 0.5) is 10.1 Å². The lowest BCUT2D eigenvalue weighted by molar-refractivity contribution is -0.380. The van der Waals surface area contributed by atoms with Crippen molar-refractivity contribution in [3.05, 3.63) is 40.6 Å². The van der Waals surface area contributed by atoms with Crippen molar-refractivity contribution in [1.82, 2.24) is 24.7 Å². The Morgan fingerprint density at radius 1 is 1.37 bits per heavy atom. The van der Waals surface area contributed by atoms with Crippen molar-refractivity contribution >= 4 is 61.2 Å². The maximum Gasteiger partial charge on any atom is 0.345 e. The molecule has 0 aliphatic carbocycles. The molecule has 0 radical (unpaired) electrons. The smallest absolute Gasteiger partial charge is 0.327 e. The van der Waals surface area contributed by atoms with E-state index >= 15 is 0 Å². The molecule has 0 bridgehead atoms. The second kappa shape index (κ2) is 6.89. The average Bonchev–Trinajstić information content (AvgIpc) is 3.24. The Hall–Kier alpha value is -3.12. The first-order valence-electron chi connectivity index (χ1n) is 7.63. The Morgan fingerprint density at radius 2 is 2.19 bits per heavy atom. The Kier molecular flexibility index (Phi) is 4.41. The van der Waals surface area contributed by atoms with Crippen LogP contribution >= 0.6 is 23.1 Å². The lowest BCUT2D eigenvalue weighted by atomic mass is 10.2. The molecule has 12 heteroatoms. The van der Waals surface area contributed by atoms with Crippen LogP contribution in [-0.2, 0) is 11.8 Å². The molecule has 0 spiro atoms. The van der Waals surface area contributed by atoms with Gasteiger partial charge >= 0.3 is 5.00 Å². The first kappa shape index (κ1) is 17.3. The molecule has 3 aromatic heterocycles. The van der Waals surface area contributed by atoms with Gasteiger partial charge in [0, 0.05) is 12.4 Å². The predicted molar refractivity (Wildman–Crippen MR) is 102 cm³/mol. The Balaban J connectivity index is 1.48. The number of anilines is 1. The number of nitrogens with zero attached hydrogens (tertiary/aromatic N) is 6. The summed E-state index contributed by atoms with van der Waals surface area (Å²) < 4.78 is 1.93. The third-order valence-electron chi connectivity index (χ3n) is 3.74. The fourth-order valence-electron chi connectivity index (χ4n) is 2.55. The second-order valence-corrected chi connectivity index (χ2v) is 7.39. The van der Waals surface area contributed by atoms with Gasteiger partial charge in [0.1, 0.15) is 11.7 Å². The van der Waals surface area contributed by atoms with Gasteiger partial charge in [-0.05, 0) is 17.4 Å². The normalized spacial score (nSPS) is 11.1. The van der Waals surface area contributed by atoms with Crippen molar-refractivity contribution in [2.75, 3.05) is 11.1 Å². The van der Waals surface area contributed by atoms with Crippen molar-refractivity contribution in [3.8, 4) is 0 Å². The van der Waals surface area contributed by atoms with Crippen molar-refractivity contribution < 1.29 is 9.72 Å². The van der Waals surface area contributed by atoms with Crippen molar-refractivity contribution in [2.45, 2.75) is 5.16 Å². The summed E-state index contributed by atoms with van der Waals surface area (Å²) in [4.78, 5) is 30.4. The van der Waals surface area contributed by atoms with Crippen LogP contribution in [0.15, 0.2) is 35.6 Å².